The number of amides is 1. The zero-order chi connectivity index (χ0) is 16.0. The number of piperidine rings is 1. The smallest absolute Gasteiger partial charge is 0.410 e. The van der Waals surface area contributed by atoms with Crippen LogP contribution in [-0.2, 0) is 14.3 Å². The Hall–Kier alpha value is -1.30. The van der Waals surface area contributed by atoms with E-state index in [0.717, 1.165) is 12.8 Å². The molecule has 0 spiro atoms. The molecule has 6 heteroatoms. The third kappa shape index (κ3) is 5.53. The number of hydrogen-bond donors (Lipinski definition) is 1. The van der Waals surface area contributed by atoms with Crippen LogP contribution in [-0.4, -0.2) is 54.5 Å². The molecule has 1 amide bonds. The first-order valence-corrected chi connectivity index (χ1v) is 7.45. The van der Waals surface area contributed by atoms with Crippen molar-refractivity contribution in [1.82, 2.24) is 4.90 Å². The van der Waals surface area contributed by atoms with Crippen molar-refractivity contribution in [1.29, 1.82) is 0 Å². The van der Waals surface area contributed by atoms with Gasteiger partial charge in [-0.15, -0.1) is 0 Å². The minimum absolute atomic E-state index is 0.111. The van der Waals surface area contributed by atoms with Crippen molar-refractivity contribution >= 4 is 12.1 Å². The van der Waals surface area contributed by atoms with Gasteiger partial charge in [-0.1, -0.05) is 0 Å². The Morgan fingerprint density at radius 3 is 2.52 bits per heavy atom. The van der Waals surface area contributed by atoms with Crippen molar-refractivity contribution in [3.63, 3.8) is 0 Å². The molecule has 1 N–H and O–H groups in total. The minimum atomic E-state index is -0.550. The zero-order valence-electron chi connectivity index (χ0n) is 13.4. The van der Waals surface area contributed by atoms with Crippen molar-refractivity contribution < 1.29 is 24.2 Å². The summed E-state index contributed by atoms with van der Waals surface area (Å²) < 4.78 is 10.2. The lowest BCUT2D eigenvalue weighted by molar-refractivity contribution is -0.149. The van der Waals surface area contributed by atoms with Gasteiger partial charge < -0.3 is 19.5 Å². The second-order valence-electron chi connectivity index (χ2n) is 6.47. The van der Waals surface area contributed by atoms with Crippen molar-refractivity contribution in [2.24, 2.45) is 11.8 Å². The molecule has 0 radical (unpaired) electrons. The van der Waals surface area contributed by atoms with Crippen LogP contribution in [0.4, 0.5) is 4.79 Å². The van der Waals surface area contributed by atoms with E-state index in [9.17, 15) is 9.59 Å². The fraction of sp³-hybridized carbons (Fsp3) is 0.867. The number of methoxy groups -OCH3 is 1. The monoisotopic (exact) mass is 301 g/mol. The van der Waals surface area contributed by atoms with Crippen LogP contribution in [0.2, 0.25) is 0 Å². The van der Waals surface area contributed by atoms with Crippen molar-refractivity contribution in [3.8, 4) is 0 Å². The summed E-state index contributed by atoms with van der Waals surface area (Å²) in [7, 11) is 1.36. The average molecular weight is 301 g/mol. The molecule has 1 aliphatic heterocycles. The molecule has 2 unspecified atom stereocenters. The summed E-state index contributed by atoms with van der Waals surface area (Å²) in [6.07, 6.45) is 1.75. The largest absolute Gasteiger partial charge is 0.469 e. The van der Waals surface area contributed by atoms with Crippen LogP contribution >= 0.6 is 0 Å². The quantitative estimate of drug-likeness (QED) is 0.801. The van der Waals surface area contributed by atoms with Gasteiger partial charge in [0.05, 0.1) is 13.0 Å². The summed E-state index contributed by atoms with van der Waals surface area (Å²) >= 11 is 0. The molecular weight excluding hydrogens is 274 g/mol. The molecule has 21 heavy (non-hydrogen) atoms. The van der Waals surface area contributed by atoms with Crippen molar-refractivity contribution in [2.75, 3.05) is 26.8 Å². The number of hydrogen-bond acceptors (Lipinski definition) is 5. The molecule has 122 valence electrons. The Kier molecular flexibility index (Phi) is 6.45. The summed E-state index contributed by atoms with van der Waals surface area (Å²) in [5, 5.41) is 8.95. The molecular formula is C15H27NO5. The second kappa shape index (κ2) is 7.64. The van der Waals surface area contributed by atoms with E-state index < -0.39 is 11.7 Å². The normalized spacial score (nSPS) is 22.8. The maximum Gasteiger partial charge on any atom is 0.410 e. The molecule has 0 aromatic rings. The number of esters is 1. The van der Waals surface area contributed by atoms with Crippen LogP contribution in [0.5, 0.6) is 0 Å². The number of aliphatic hydroxyl groups is 1. The van der Waals surface area contributed by atoms with Gasteiger partial charge in [-0.2, -0.15) is 0 Å². The van der Waals surface area contributed by atoms with Gasteiger partial charge in [-0.3, -0.25) is 4.79 Å². The predicted molar refractivity (Wildman–Crippen MR) is 77.7 cm³/mol. The summed E-state index contributed by atoms with van der Waals surface area (Å²) in [6.45, 7) is 6.44. The Morgan fingerprint density at radius 1 is 1.33 bits per heavy atom. The molecule has 1 heterocycles. The Morgan fingerprint density at radius 2 is 2.00 bits per heavy atom. The fourth-order valence-electron chi connectivity index (χ4n) is 2.61. The fourth-order valence-corrected chi connectivity index (χ4v) is 2.61. The highest BCUT2D eigenvalue weighted by Gasteiger charge is 2.37. The van der Waals surface area contributed by atoms with E-state index in [0.29, 0.717) is 19.5 Å². The molecule has 1 saturated heterocycles. The molecule has 1 fully saturated rings. The standard InChI is InChI=1S/C15H27NO5/c1-15(2,3)21-14(19)16-8-7-11(6-5-9-17)12(10-16)13(18)20-4/h11-12,17H,5-10H2,1-4H3. The molecule has 1 rings (SSSR count). The van der Waals surface area contributed by atoms with E-state index in [1.54, 1.807) is 4.90 Å². The summed E-state index contributed by atoms with van der Waals surface area (Å²) in [5.74, 6) is -0.502. The van der Waals surface area contributed by atoms with Gasteiger partial charge in [0.15, 0.2) is 0 Å². The van der Waals surface area contributed by atoms with Gasteiger partial charge in [0.1, 0.15) is 5.60 Å². The first-order chi connectivity index (χ1) is 9.78. The van der Waals surface area contributed by atoms with E-state index >= 15 is 0 Å². The maximum atomic E-state index is 12.1. The van der Waals surface area contributed by atoms with Gasteiger partial charge in [0.2, 0.25) is 0 Å². The van der Waals surface area contributed by atoms with Crippen LogP contribution < -0.4 is 0 Å². The second-order valence-corrected chi connectivity index (χ2v) is 6.47. The number of likely N-dealkylation sites (tertiary alicyclic amines) is 1. The number of rotatable bonds is 4. The average Bonchev–Trinajstić information content (AvgIpc) is 2.42. The summed E-state index contributed by atoms with van der Waals surface area (Å²) in [4.78, 5) is 25.6. The topological polar surface area (TPSA) is 76.1 Å². The minimum Gasteiger partial charge on any atom is -0.469 e. The van der Waals surface area contributed by atoms with E-state index in [4.69, 9.17) is 14.6 Å². The van der Waals surface area contributed by atoms with Crippen LogP contribution in [0.15, 0.2) is 0 Å². The summed E-state index contributed by atoms with van der Waals surface area (Å²) in [6, 6.07) is 0. The lowest BCUT2D eigenvalue weighted by Gasteiger charge is -2.37. The van der Waals surface area contributed by atoms with Crippen molar-refractivity contribution in [2.45, 2.75) is 45.6 Å². The molecule has 1 aliphatic rings. The Labute approximate surface area is 126 Å². The highest BCUT2D eigenvalue weighted by atomic mass is 16.6. The molecule has 6 nitrogen and oxygen atoms in total. The van der Waals surface area contributed by atoms with Gasteiger partial charge in [0.25, 0.3) is 0 Å². The lowest BCUT2D eigenvalue weighted by Crippen LogP contribution is -2.48. The van der Waals surface area contributed by atoms with Gasteiger partial charge in [-0.25, -0.2) is 4.79 Å². The maximum absolute atomic E-state index is 12.1. The SMILES string of the molecule is COC(=O)C1CN(C(=O)OC(C)(C)C)CCC1CCCO. The molecule has 0 aliphatic carbocycles. The van der Waals surface area contributed by atoms with E-state index in [1.165, 1.54) is 7.11 Å². The molecule has 2 atom stereocenters. The highest BCUT2D eigenvalue weighted by Crippen LogP contribution is 2.29. The van der Waals surface area contributed by atoms with Gasteiger partial charge in [0, 0.05) is 19.7 Å². The highest BCUT2D eigenvalue weighted by molar-refractivity contribution is 5.75. The van der Waals surface area contributed by atoms with Crippen LogP contribution in [0.3, 0.4) is 0 Å². The lowest BCUT2D eigenvalue weighted by atomic mass is 9.82. The number of aliphatic hydroxyl groups excluding tert-OH is 1. The third-order valence-electron chi connectivity index (χ3n) is 3.64. The number of carbonyl (C=O) groups excluding carboxylic acids is 2. The first kappa shape index (κ1) is 17.8. The third-order valence-corrected chi connectivity index (χ3v) is 3.64. The van der Waals surface area contributed by atoms with E-state index in [-0.39, 0.29) is 24.4 Å². The number of nitrogens with zero attached hydrogens (tertiary/aromatic N) is 1. The molecule has 0 saturated carbocycles. The van der Waals surface area contributed by atoms with E-state index in [1.807, 2.05) is 20.8 Å². The zero-order valence-corrected chi connectivity index (χ0v) is 13.4. The Bertz CT molecular complexity index is 364. The van der Waals surface area contributed by atoms with Crippen LogP contribution in [0.25, 0.3) is 0 Å². The predicted octanol–water partition coefficient (Wildman–Crippen LogP) is 1.81. The van der Waals surface area contributed by atoms with Crippen molar-refractivity contribution in [3.05, 3.63) is 0 Å². The first-order valence-electron chi connectivity index (χ1n) is 7.45. The Balaban J connectivity index is 2.69. The molecule has 0 bridgehead atoms. The molecule has 0 aromatic heterocycles. The van der Waals surface area contributed by atoms with E-state index in [2.05, 4.69) is 0 Å². The van der Waals surface area contributed by atoms with Crippen LogP contribution in [0.1, 0.15) is 40.0 Å². The molecule has 0 aromatic carbocycles. The number of ether oxygens (including phenoxy) is 2. The van der Waals surface area contributed by atoms with Crippen LogP contribution in [0, 0.1) is 11.8 Å². The van der Waals surface area contributed by atoms with Gasteiger partial charge >= 0.3 is 12.1 Å². The van der Waals surface area contributed by atoms with Gasteiger partial charge in [-0.05, 0) is 46.0 Å². The number of carbonyl (C=O) groups is 2. The summed E-state index contributed by atoms with van der Waals surface area (Å²) in [5.41, 5.74) is -0.550.